The highest BCUT2D eigenvalue weighted by molar-refractivity contribution is 5.79. The summed E-state index contributed by atoms with van der Waals surface area (Å²) in [5.41, 5.74) is 10.8. The Labute approximate surface area is 87.0 Å². The molecule has 1 atom stereocenters. The molecule has 1 amide bonds. The van der Waals surface area contributed by atoms with E-state index in [1.165, 1.54) is 12.1 Å². The van der Waals surface area contributed by atoms with Gasteiger partial charge < -0.3 is 16.2 Å². The van der Waals surface area contributed by atoms with E-state index >= 15 is 0 Å². The van der Waals surface area contributed by atoms with Crippen molar-refractivity contribution in [2.45, 2.75) is 19.4 Å². The van der Waals surface area contributed by atoms with Gasteiger partial charge in [-0.3, -0.25) is 4.79 Å². The Hall–Kier alpha value is -1.78. The highest BCUT2D eigenvalue weighted by Crippen LogP contribution is 2.23. The van der Waals surface area contributed by atoms with Crippen LogP contribution in [0.2, 0.25) is 0 Å². The number of amides is 1. The minimum absolute atomic E-state index is 0.148. The number of nitrogen functional groups attached to an aromatic ring is 1. The molecule has 0 aliphatic carbocycles. The Morgan fingerprint density at radius 3 is 2.73 bits per heavy atom. The first-order valence-corrected chi connectivity index (χ1v) is 4.55. The molecule has 0 bridgehead atoms. The summed E-state index contributed by atoms with van der Waals surface area (Å²) < 4.78 is 17.9. The zero-order valence-corrected chi connectivity index (χ0v) is 8.37. The minimum Gasteiger partial charge on any atom is -0.478 e. The maximum Gasteiger partial charge on any atom is 0.258 e. The van der Waals surface area contributed by atoms with Crippen LogP contribution in [0.1, 0.15) is 13.3 Å². The Balaban J connectivity index is 2.84. The van der Waals surface area contributed by atoms with Gasteiger partial charge in [0.15, 0.2) is 6.10 Å². The maximum absolute atomic E-state index is 12.7. The van der Waals surface area contributed by atoms with E-state index in [0.29, 0.717) is 6.42 Å². The molecule has 1 aromatic rings. The molecule has 1 unspecified atom stereocenters. The summed E-state index contributed by atoms with van der Waals surface area (Å²) in [5, 5.41) is 0. The van der Waals surface area contributed by atoms with E-state index in [4.69, 9.17) is 16.2 Å². The summed E-state index contributed by atoms with van der Waals surface area (Å²) in [6, 6.07) is 3.71. The van der Waals surface area contributed by atoms with Crippen LogP contribution in [-0.2, 0) is 4.79 Å². The first-order chi connectivity index (χ1) is 7.04. The predicted molar refractivity (Wildman–Crippen MR) is 54.7 cm³/mol. The number of carbonyl (C=O) groups is 1. The molecule has 4 nitrogen and oxygen atoms in total. The maximum atomic E-state index is 12.7. The van der Waals surface area contributed by atoms with E-state index in [1.54, 1.807) is 6.92 Å². The molecular formula is C10H13FN2O2. The van der Waals surface area contributed by atoms with E-state index in [-0.39, 0.29) is 11.4 Å². The molecule has 0 saturated heterocycles. The molecule has 0 radical (unpaired) electrons. The van der Waals surface area contributed by atoms with Crippen LogP contribution in [0.4, 0.5) is 10.1 Å². The lowest BCUT2D eigenvalue weighted by Crippen LogP contribution is -2.33. The number of carbonyl (C=O) groups excluding carboxylic acids is 1. The van der Waals surface area contributed by atoms with Crippen molar-refractivity contribution in [1.29, 1.82) is 0 Å². The number of nitrogens with two attached hydrogens (primary N) is 2. The summed E-state index contributed by atoms with van der Waals surface area (Å²) in [4.78, 5) is 10.9. The summed E-state index contributed by atoms with van der Waals surface area (Å²) in [6.07, 6.45) is -0.302. The number of halogens is 1. The Morgan fingerprint density at radius 2 is 2.27 bits per heavy atom. The van der Waals surface area contributed by atoms with Gasteiger partial charge in [-0.2, -0.15) is 0 Å². The van der Waals surface area contributed by atoms with Crippen LogP contribution in [0.5, 0.6) is 5.75 Å². The fraction of sp³-hybridized carbons (Fsp3) is 0.300. The molecule has 0 fully saturated rings. The third-order valence-corrected chi connectivity index (χ3v) is 1.93. The number of ether oxygens (including phenoxy) is 1. The van der Waals surface area contributed by atoms with Crippen LogP contribution in [0.3, 0.4) is 0 Å². The Bertz CT molecular complexity index is 368. The lowest BCUT2D eigenvalue weighted by molar-refractivity contribution is -0.124. The first-order valence-electron chi connectivity index (χ1n) is 4.55. The van der Waals surface area contributed by atoms with Crippen molar-refractivity contribution in [3.05, 3.63) is 24.0 Å². The van der Waals surface area contributed by atoms with Crippen molar-refractivity contribution in [2.75, 3.05) is 5.73 Å². The zero-order chi connectivity index (χ0) is 11.4. The second kappa shape index (κ2) is 4.63. The van der Waals surface area contributed by atoms with Gasteiger partial charge in [-0.15, -0.1) is 0 Å². The van der Waals surface area contributed by atoms with E-state index < -0.39 is 17.8 Å². The monoisotopic (exact) mass is 212 g/mol. The van der Waals surface area contributed by atoms with Crippen LogP contribution in [0.25, 0.3) is 0 Å². The van der Waals surface area contributed by atoms with Gasteiger partial charge in [-0.05, 0) is 18.6 Å². The second-order valence-corrected chi connectivity index (χ2v) is 3.10. The van der Waals surface area contributed by atoms with Gasteiger partial charge in [0.25, 0.3) is 5.91 Å². The van der Waals surface area contributed by atoms with E-state index in [2.05, 4.69) is 0 Å². The van der Waals surface area contributed by atoms with Gasteiger partial charge >= 0.3 is 0 Å². The van der Waals surface area contributed by atoms with Crippen molar-refractivity contribution in [2.24, 2.45) is 5.73 Å². The summed E-state index contributed by atoms with van der Waals surface area (Å²) in [5.74, 6) is -0.754. The van der Waals surface area contributed by atoms with Crippen LogP contribution in [0.15, 0.2) is 18.2 Å². The highest BCUT2D eigenvalue weighted by Gasteiger charge is 2.15. The predicted octanol–water partition coefficient (Wildman–Crippen LogP) is 1.05. The van der Waals surface area contributed by atoms with Crippen molar-refractivity contribution >= 4 is 11.6 Å². The Morgan fingerprint density at radius 1 is 1.60 bits per heavy atom. The van der Waals surface area contributed by atoms with E-state index in [9.17, 15) is 9.18 Å². The molecule has 5 heteroatoms. The molecule has 4 N–H and O–H groups in total. The average Bonchev–Trinajstić information content (AvgIpc) is 2.16. The number of benzene rings is 1. The van der Waals surface area contributed by atoms with E-state index in [1.807, 2.05) is 0 Å². The topological polar surface area (TPSA) is 78.3 Å². The van der Waals surface area contributed by atoms with Crippen molar-refractivity contribution in [1.82, 2.24) is 0 Å². The zero-order valence-electron chi connectivity index (χ0n) is 8.37. The van der Waals surface area contributed by atoms with Crippen LogP contribution in [0, 0.1) is 5.82 Å². The number of hydrogen-bond acceptors (Lipinski definition) is 3. The third-order valence-electron chi connectivity index (χ3n) is 1.93. The molecule has 0 aliphatic rings. The van der Waals surface area contributed by atoms with Crippen LogP contribution < -0.4 is 16.2 Å². The minimum atomic E-state index is -0.738. The normalized spacial score (nSPS) is 12.1. The molecule has 1 aromatic carbocycles. The molecule has 82 valence electrons. The molecular weight excluding hydrogens is 199 g/mol. The SMILES string of the molecule is CCC(Oc1ccc(F)cc1N)C(N)=O. The third kappa shape index (κ3) is 2.83. The van der Waals surface area contributed by atoms with Crippen LogP contribution in [-0.4, -0.2) is 12.0 Å². The molecule has 0 spiro atoms. The molecule has 0 aliphatic heterocycles. The van der Waals surface area contributed by atoms with Gasteiger partial charge in [0.1, 0.15) is 11.6 Å². The summed E-state index contributed by atoms with van der Waals surface area (Å²) in [6.45, 7) is 1.76. The van der Waals surface area contributed by atoms with Gasteiger partial charge in [0, 0.05) is 6.07 Å². The van der Waals surface area contributed by atoms with Crippen LogP contribution >= 0.6 is 0 Å². The summed E-state index contributed by atoms with van der Waals surface area (Å²) in [7, 11) is 0. The molecule has 1 rings (SSSR count). The quantitative estimate of drug-likeness (QED) is 0.732. The first kappa shape index (κ1) is 11.3. The Kier molecular flexibility index (Phi) is 3.49. The average molecular weight is 212 g/mol. The number of anilines is 1. The van der Waals surface area contributed by atoms with Gasteiger partial charge in [-0.25, -0.2) is 4.39 Å². The molecule has 15 heavy (non-hydrogen) atoms. The molecule has 0 saturated carbocycles. The van der Waals surface area contributed by atoms with Crippen molar-refractivity contribution in [3.8, 4) is 5.75 Å². The highest BCUT2D eigenvalue weighted by atomic mass is 19.1. The lowest BCUT2D eigenvalue weighted by atomic mass is 10.2. The molecule has 0 heterocycles. The smallest absolute Gasteiger partial charge is 0.258 e. The lowest BCUT2D eigenvalue weighted by Gasteiger charge is -2.15. The van der Waals surface area contributed by atoms with Crippen molar-refractivity contribution < 1.29 is 13.9 Å². The summed E-state index contributed by atoms with van der Waals surface area (Å²) >= 11 is 0. The number of primary amides is 1. The van der Waals surface area contributed by atoms with Gasteiger partial charge in [0.05, 0.1) is 5.69 Å². The van der Waals surface area contributed by atoms with Crippen molar-refractivity contribution in [3.63, 3.8) is 0 Å². The molecule has 0 aromatic heterocycles. The number of rotatable bonds is 4. The number of hydrogen-bond donors (Lipinski definition) is 2. The van der Waals surface area contributed by atoms with Gasteiger partial charge in [0.2, 0.25) is 0 Å². The second-order valence-electron chi connectivity index (χ2n) is 3.10. The standard InChI is InChI=1S/C10H13FN2O2/c1-2-8(10(13)14)15-9-4-3-6(11)5-7(9)12/h3-5,8H,2,12H2,1H3,(H2,13,14). The van der Waals surface area contributed by atoms with Gasteiger partial charge in [-0.1, -0.05) is 6.92 Å². The fourth-order valence-electron chi connectivity index (χ4n) is 1.12. The van der Waals surface area contributed by atoms with E-state index in [0.717, 1.165) is 6.07 Å². The largest absolute Gasteiger partial charge is 0.478 e. The fourth-order valence-corrected chi connectivity index (χ4v) is 1.12.